The molecule has 2 N–H and O–H groups in total. The Morgan fingerprint density at radius 1 is 1.03 bits per heavy atom. The lowest BCUT2D eigenvalue weighted by atomic mass is 9.92. The lowest BCUT2D eigenvalue weighted by molar-refractivity contribution is -0.383. The molecule has 1 aromatic heterocycles. The third kappa shape index (κ3) is 4.87. The van der Waals surface area contributed by atoms with E-state index in [2.05, 4.69) is 57.9 Å². The van der Waals surface area contributed by atoms with E-state index >= 15 is 0 Å². The largest absolute Gasteiger partial charge is 0.378 e. The maximum atomic E-state index is 11.8. The van der Waals surface area contributed by atoms with Gasteiger partial charge < -0.3 is 15.5 Å². The van der Waals surface area contributed by atoms with Gasteiger partial charge in [-0.2, -0.15) is 9.97 Å². The van der Waals surface area contributed by atoms with Gasteiger partial charge in [-0.05, 0) is 23.8 Å². The maximum Gasteiger partial charge on any atom is 0.353 e. The van der Waals surface area contributed by atoms with Crippen LogP contribution in [0.4, 0.5) is 23.3 Å². The molecule has 0 radical (unpaired) electrons. The number of aromatic nitrogens is 2. The van der Waals surface area contributed by atoms with Gasteiger partial charge in [0.2, 0.25) is 17.6 Å². The minimum Gasteiger partial charge on any atom is -0.378 e. The van der Waals surface area contributed by atoms with E-state index in [1.165, 1.54) is 5.56 Å². The molecule has 0 spiro atoms. The van der Waals surface area contributed by atoms with Crippen molar-refractivity contribution in [3.8, 4) is 0 Å². The average Bonchev–Trinajstić information content (AvgIpc) is 2.73. The van der Waals surface area contributed by atoms with Crippen LogP contribution in [0.1, 0.15) is 25.8 Å². The number of rotatable bonds is 5. The van der Waals surface area contributed by atoms with Crippen LogP contribution in [0.2, 0.25) is 0 Å². The Labute approximate surface area is 183 Å². The zero-order chi connectivity index (χ0) is 22.0. The van der Waals surface area contributed by atoms with E-state index in [0.717, 1.165) is 52.2 Å². The molecule has 9 heteroatoms. The minimum atomic E-state index is -0.448. The number of nitrogens with zero attached hydrogens (tertiary/aromatic N) is 6. The van der Waals surface area contributed by atoms with E-state index in [1.807, 2.05) is 11.0 Å². The van der Waals surface area contributed by atoms with Gasteiger partial charge in [0.15, 0.2) is 0 Å². The predicted molar refractivity (Wildman–Crippen MR) is 122 cm³/mol. The van der Waals surface area contributed by atoms with Crippen molar-refractivity contribution in [2.45, 2.75) is 26.8 Å². The van der Waals surface area contributed by atoms with Gasteiger partial charge in [0.05, 0.1) is 4.92 Å². The first-order chi connectivity index (χ1) is 14.9. The molecule has 0 bridgehead atoms. The molecular formula is C22H31N7O2. The molecule has 166 valence electrons. The van der Waals surface area contributed by atoms with Gasteiger partial charge in [-0.25, -0.2) is 0 Å². The molecule has 2 aliphatic rings. The van der Waals surface area contributed by atoms with Crippen LogP contribution in [0.25, 0.3) is 0 Å². The third-order valence-corrected chi connectivity index (χ3v) is 6.14. The fourth-order valence-electron chi connectivity index (χ4n) is 4.77. The summed E-state index contributed by atoms with van der Waals surface area (Å²) in [6, 6.07) is 10.4. The second-order valence-electron chi connectivity index (χ2n) is 8.94. The van der Waals surface area contributed by atoms with Crippen LogP contribution in [0, 0.1) is 22.0 Å². The second-order valence-corrected chi connectivity index (χ2v) is 8.94. The number of benzene rings is 1. The molecular weight excluding hydrogens is 394 g/mol. The summed E-state index contributed by atoms with van der Waals surface area (Å²) in [5.74, 6) is 1.69. The number of nitro groups is 1. The lowest BCUT2D eigenvalue weighted by Crippen LogP contribution is -2.47. The van der Waals surface area contributed by atoms with E-state index in [1.54, 1.807) is 0 Å². The van der Waals surface area contributed by atoms with E-state index < -0.39 is 4.92 Å². The first-order valence-corrected chi connectivity index (χ1v) is 11.0. The van der Waals surface area contributed by atoms with E-state index in [4.69, 9.17) is 5.73 Å². The van der Waals surface area contributed by atoms with Crippen LogP contribution < -0.4 is 15.5 Å². The van der Waals surface area contributed by atoms with Crippen molar-refractivity contribution in [2.24, 2.45) is 11.8 Å². The molecule has 3 heterocycles. The van der Waals surface area contributed by atoms with Gasteiger partial charge in [-0.15, -0.1) is 0 Å². The summed E-state index contributed by atoms with van der Waals surface area (Å²) in [4.78, 5) is 26.8. The summed E-state index contributed by atoms with van der Waals surface area (Å²) in [6.45, 7) is 10.0. The number of hydrogen-bond acceptors (Lipinski definition) is 8. The highest BCUT2D eigenvalue weighted by Gasteiger charge is 2.33. The number of anilines is 3. The SMILES string of the molecule is C[C@@H]1C[C@@H](C)CN(c2nc(N3CCN(Cc4ccccc4)CC3)nc(N)c2[N+](=O)[O-])C1. The Kier molecular flexibility index (Phi) is 6.22. The van der Waals surface area contributed by atoms with Gasteiger partial charge in [0, 0.05) is 45.8 Å². The van der Waals surface area contributed by atoms with Crippen LogP contribution in [0.15, 0.2) is 30.3 Å². The second kappa shape index (κ2) is 9.05. The highest BCUT2D eigenvalue weighted by Crippen LogP contribution is 2.36. The summed E-state index contributed by atoms with van der Waals surface area (Å²) in [6.07, 6.45) is 1.11. The smallest absolute Gasteiger partial charge is 0.353 e. The highest BCUT2D eigenvalue weighted by molar-refractivity contribution is 5.71. The molecule has 0 saturated carbocycles. The first-order valence-electron chi connectivity index (χ1n) is 11.0. The van der Waals surface area contributed by atoms with E-state index in [0.29, 0.717) is 23.6 Å². The Bertz CT molecular complexity index is 906. The topological polar surface area (TPSA) is 105 Å². The summed E-state index contributed by atoms with van der Waals surface area (Å²) in [5, 5.41) is 11.8. The highest BCUT2D eigenvalue weighted by atomic mass is 16.6. The predicted octanol–water partition coefficient (Wildman–Crippen LogP) is 2.77. The number of piperidine rings is 1. The maximum absolute atomic E-state index is 11.8. The normalized spacial score (nSPS) is 22.5. The number of hydrogen-bond donors (Lipinski definition) is 1. The van der Waals surface area contributed by atoms with Crippen LogP contribution >= 0.6 is 0 Å². The average molecular weight is 426 g/mol. The molecule has 2 saturated heterocycles. The van der Waals surface area contributed by atoms with Crippen LogP contribution in [-0.2, 0) is 6.54 Å². The van der Waals surface area contributed by atoms with Crippen molar-refractivity contribution < 1.29 is 4.92 Å². The molecule has 9 nitrogen and oxygen atoms in total. The van der Waals surface area contributed by atoms with Gasteiger partial charge in [-0.3, -0.25) is 15.0 Å². The molecule has 2 atom stereocenters. The van der Waals surface area contributed by atoms with Crippen molar-refractivity contribution in [2.75, 3.05) is 54.8 Å². The lowest BCUT2D eigenvalue weighted by Gasteiger charge is -2.37. The fraction of sp³-hybridized carbons (Fsp3) is 0.545. The Morgan fingerprint density at radius 2 is 1.68 bits per heavy atom. The quantitative estimate of drug-likeness (QED) is 0.576. The van der Waals surface area contributed by atoms with E-state index in [9.17, 15) is 10.1 Å². The monoisotopic (exact) mass is 425 g/mol. The van der Waals surface area contributed by atoms with Crippen LogP contribution in [0.5, 0.6) is 0 Å². The Hall–Kier alpha value is -2.94. The van der Waals surface area contributed by atoms with Crippen molar-refractivity contribution in [1.82, 2.24) is 14.9 Å². The van der Waals surface area contributed by atoms with Crippen LogP contribution in [0.3, 0.4) is 0 Å². The molecule has 2 aromatic rings. The Morgan fingerprint density at radius 3 is 2.29 bits per heavy atom. The number of nitrogens with two attached hydrogens (primary N) is 1. The molecule has 2 aliphatic heterocycles. The summed E-state index contributed by atoms with van der Waals surface area (Å²) >= 11 is 0. The van der Waals surface area contributed by atoms with Crippen molar-refractivity contribution in [1.29, 1.82) is 0 Å². The Balaban J connectivity index is 1.52. The molecule has 31 heavy (non-hydrogen) atoms. The van der Waals surface area contributed by atoms with Gasteiger partial charge in [0.1, 0.15) is 0 Å². The molecule has 4 rings (SSSR count). The zero-order valence-corrected chi connectivity index (χ0v) is 18.3. The summed E-state index contributed by atoms with van der Waals surface area (Å²) in [5.41, 5.74) is 7.20. The first kappa shape index (κ1) is 21.3. The minimum absolute atomic E-state index is 0.0532. The molecule has 0 aliphatic carbocycles. The number of piperazine rings is 1. The third-order valence-electron chi connectivity index (χ3n) is 6.14. The zero-order valence-electron chi connectivity index (χ0n) is 18.3. The standard InChI is InChI=1S/C22H31N7O2/c1-16-12-17(2)14-28(13-16)21-19(29(30)31)20(23)24-22(25-21)27-10-8-26(9-11-27)15-18-6-4-3-5-7-18/h3-7,16-17H,8-15H2,1-2H3,(H2,23,24,25)/t16-,17-/m1/s1. The van der Waals surface area contributed by atoms with Gasteiger partial charge >= 0.3 is 5.69 Å². The summed E-state index contributed by atoms with van der Waals surface area (Å²) < 4.78 is 0. The van der Waals surface area contributed by atoms with Crippen LogP contribution in [-0.4, -0.2) is 59.1 Å². The summed E-state index contributed by atoms with van der Waals surface area (Å²) in [7, 11) is 0. The van der Waals surface area contributed by atoms with Crippen molar-refractivity contribution in [3.63, 3.8) is 0 Å². The molecule has 0 unspecified atom stereocenters. The molecule has 1 aromatic carbocycles. The van der Waals surface area contributed by atoms with Gasteiger partial charge in [-0.1, -0.05) is 44.2 Å². The van der Waals surface area contributed by atoms with Crippen molar-refractivity contribution in [3.05, 3.63) is 46.0 Å². The molecule has 2 fully saturated rings. The fourth-order valence-corrected chi connectivity index (χ4v) is 4.77. The number of nitrogen functional groups attached to an aromatic ring is 1. The van der Waals surface area contributed by atoms with Gasteiger partial charge in [0.25, 0.3) is 0 Å². The van der Waals surface area contributed by atoms with Crippen molar-refractivity contribution >= 4 is 23.3 Å². The van der Waals surface area contributed by atoms with E-state index in [-0.39, 0.29) is 11.5 Å². The molecule has 0 amide bonds.